The third-order valence-electron chi connectivity index (χ3n) is 2.37. The van der Waals surface area contributed by atoms with Crippen LogP contribution in [0, 0.1) is 6.92 Å². The van der Waals surface area contributed by atoms with Crippen molar-refractivity contribution >= 4 is 11.6 Å². The van der Waals surface area contributed by atoms with Gasteiger partial charge in [-0.1, -0.05) is 18.2 Å². The number of benzene rings is 1. The number of carbonyl (C=O) groups excluding carboxylic acids is 1. The molecule has 3 nitrogen and oxygen atoms in total. The normalized spacial score (nSPS) is 10.1. The summed E-state index contributed by atoms with van der Waals surface area (Å²) in [6, 6.07) is 7.89. The molecule has 0 bridgehead atoms. The van der Waals surface area contributed by atoms with Gasteiger partial charge in [0.05, 0.1) is 0 Å². The van der Waals surface area contributed by atoms with Crippen LogP contribution in [0.1, 0.15) is 18.9 Å². The lowest BCUT2D eigenvalue weighted by Gasteiger charge is -2.22. The Kier molecular flexibility index (Phi) is 4.31. The Hall–Kier alpha value is -1.35. The molecule has 0 heterocycles. The number of para-hydroxylation sites is 1. The first-order valence-electron chi connectivity index (χ1n) is 5.20. The molecule has 2 N–H and O–H groups in total. The molecule has 0 radical (unpaired) electrons. The highest BCUT2D eigenvalue weighted by Gasteiger charge is 2.11. The number of aryl methyl sites for hydroxylation is 1. The van der Waals surface area contributed by atoms with Crippen molar-refractivity contribution in [3.8, 4) is 0 Å². The highest BCUT2D eigenvalue weighted by Crippen LogP contribution is 2.19. The van der Waals surface area contributed by atoms with Crippen molar-refractivity contribution < 1.29 is 4.79 Å². The molecule has 0 aromatic heterocycles. The first kappa shape index (κ1) is 11.7. The fraction of sp³-hybridized carbons (Fsp3) is 0.417. The molecule has 0 spiro atoms. The smallest absolute Gasteiger partial charge is 0.223 e. The van der Waals surface area contributed by atoms with Crippen LogP contribution in [0.25, 0.3) is 0 Å². The summed E-state index contributed by atoms with van der Waals surface area (Å²) >= 11 is 0. The molecular formula is C12H18N2O. The van der Waals surface area contributed by atoms with Crippen molar-refractivity contribution in [3.63, 3.8) is 0 Å². The van der Waals surface area contributed by atoms with Gasteiger partial charge in [0.1, 0.15) is 0 Å². The number of hydrogen-bond acceptors (Lipinski definition) is 2. The summed E-state index contributed by atoms with van der Waals surface area (Å²) in [7, 11) is 0. The Morgan fingerprint density at radius 1 is 1.40 bits per heavy atom. The molecular weight excluding hydrogens is 188 g/mol. The fourth-order valence-corrected chi connectivity index (χ4v) is 1.56. The predicted octanol–water partition coefficient (Wildman–Crippen LogP) is 1.70. The van der Waals surface area contributed by atoms with E-state index in [0.717, 1.165) is 17.7 Å². The van der Waals surface area contributed by atoms with E-state index < -0.39 is 0 Å². The highest BCUT2D eigenvalue weighted by molar-refractivity contribution is 5.92. The average molecular weight is 206 g/mol. The van der Waals surface area contributed by atoms with Crippen LogP contribution >= 0.6 is 0 Å². The summed E-state index contributed by atoms with van der Waals surface area (Å²) in [4.78, 5) is 13.3. The van der Waals surface area contributed by atoms with Crippen LogP contribution in [0.5, 0.6) is 0 Å². The molecule has 0 saturated carbocycles. The van der Waals surface area contributed by atoms with Gasteiger partial charge in [-0.25, -0.2) is 0 Å². The van der Waals surface area contributed by atoms with Gasteiger partial charge in [-0.15, -0.1) is 0 Å². The standard InChI is InChI=1S/C12H18N2O/c1-10-6-3-4-7-12(10)14(11(2)15)9-5-8-13/h3-4,6-7H,5,8-9,13H2,1-2H3. The minimum Gasteiger partial charge on any atom is -0.330 e. The number of anilines is 1. The maximum atomic E-state index is 11.5. The molecule has 1 aromatic carbocycles. The van der Waals surface area contributed by atoms with Crippen molar-refractivity contribution in [3.05, 3.63) is 29.8 Å². The summed E-state index contributed by atoms with van der Waals surface area (Å²) < 4.78 is 0. The molecule has 0 fully saturated rings. The molecule has 1 rings (SSSR count). The zero-order valence-electron chi connectivity index (χ0n) is 9.36. The zero-order chi connectivity index (χ0) is 11.3. The van der Waals surface area contributed by atoms with Gasteiger partial charge in [0, 0.05) is 19.2 Å². The van der Waals surface area contributed by atoms with E-state index in [1.165, 1.54) is 0 Å². The molecule has 0 aliphatic carbocycles. The molecule has 15 heavy (non-hydrogen) atoms. The van der Waals surface area contributed by atoms with Crippen LogP contribution in [0.4, 0.5) is 5.69 Å². The summed E-state index contributed by atoms with van der Waals surface area (Å²) in [5.74, 6) is 0.0674. The lowest BCUT2D eigenvalue weighted by Crippen LogP contribution is -2.31. The van der Waals surface area contributed by atoms with Crippen molar-refractivity contribution in [2.24, 2.45) is 5.73 Å². The van der Waals surface area contributed by atoms with E-state index in [-0.39, 0.29) is 5.91 Å². The third-order valence-corrected chi connectivity index (χ3v) is 2.37. The minimum absolute atomic E-state index is 0.0674. The van der Waals surface area contributed by atoms with Crippen molar-refractivity contribution in [1.82, 2.24) is 0 Å². The number of rotatable bonds is 4. The summed E-state index contributed by atoms with van der Waals surface area (Å²) in [5.41, 5.74) is 7.56. The van der Waals surface area contributed by atoms with E-state index in [1.807, 2.05) is 31.2 Å². The Morgan fingerprint density at radius 3 is 2.60 bits per heavy atom. The fourth-order valence-electron chi connectivity index (χ4n) is 1.56. The van der Waals surface area contributed by atoms with E-state index in [1.54, 1.807) is 11.8 Å². The molecule has 1 amide bonds. The van der Waals surface area contributed by atoms with Gasteiger partial charge in [0.15, 0.2) is 0 Å². The van der Waals surface area contributed by atoms with Gasteiger partial charge in [0.25, 0.3) is 0 Å². The largest absolute Gasteiger partial charge is 0.330 e. The van der Waals surface area contributed by atoms with Gasteiger partial charge >= 0.3 is 0 Å². The maximum absolute atomic E-state index is 11.5. The maximum Gasteiger partial charge on any atom is 0.223 e. The first-order valence-corrected chi connectivity index (χ1v) is 5.20. The summed E-state index contributed by atoms with van der Waals surface area (Å²) in [5, 5.41) is 0. The molecule has 82 valence electrons. The number of hydrogen-bond donors (Lipinski definition) is 1. The molecule has 0 atom stereocenters. The van der Waals surface area contributed by atoms with Crippen LogP contribution in [0.15, 0.2) is 24.3 Å². The van der Waals surface area contributed by atoms with E-state index in [4.69, 9.17) is 5.73 Å². The molecule has 3 heteroatoms. The second-order valence-corrected chi connectivity index (χ2v) is 3.60. The van der Waals surface area contributed by atoms with E-state index in [0.29, 0.717) is 13.1 Å². The van der Waals surface area contributed by atoms with E-state index >= 15 is 0 Å². The van der Waals surface area contributed by atoms with Crippen LogP contribution in [0.2, 0.25) is 0 Å². The van der Waals surface area contributed by atoms with Gasteiger partial charge < -0.3 is 10.6 Å². The number of nitrogens with zero attached hydrogens (tertiary/aromatic N) is 1. The monoisotopic (exact) mass is 206 g/mol. The Bertz CT molecular complexity index is 336. The molecule has 0 saturated heterocycles. The van der Waals surface area contributed by atoms with E-state index in [2.05, 4.69) is 0 Å². The zero-order valence-corrected chi connectivity index (χ0v) is 9.36. The second kappa shape index (κ2) is 5.51. The topological polar surface area (TPSA) is 46.3 Å². The van der Waals surface area contributed by atoms with Gasteiger partial charge in [-0.3, -0.25) is 4.79 Å². The molecule has 0 aliphatic rings. The molecule has 0 aliphatic heterocycles. The quantitative estimate of drug-likeness (QED) is 0.815. The lowest BCUT2D eigenvalue weighted by molar-refractivity contribution is -0.116. The molecule has 0 unspecified atom stereocenters. The van der Waals surface area contributed by atoms with Crippen molar-refractivity contribution in [2.75, 3.05) is 18.0 Å². The van der Waals surface area contributed by atoms with Crippen LogP contribution in [-0.2, 0) is 4.79 Å². The predicted molar refractivity (Wildman–Crippen MR) is 62.9 cm³/mol. The number of amides is 1. The minimum atomic E-state index is 0.0674. The average Bonchev–Trinajstić information content (AvgIpc) is 2.20. The lowest BCUT2D eigenvalue weighted by atomic mass is 10.1. The van der Waals surface area contributed by atoms with Crippen LogP contribution in [0.3, 0.4) is 0 Å². The number of nitrogens with two attached hydrogens (primary N) is 1. The van der Waals surface area contributed by atoms with Gasteiger partial charge in [0.2, 0.25) is 5.91 Å². The Morgan fingerprint density at radius 2 is 2.07 bits per heavy atom. The number of carbonyl (C=O) groups is 1. The summed E-state index contributed by atoms with van der Waals surface area (Å²) in [6.07, 6.45) is 0.827. The van der Waals surface area contributed by atoms with Crippen molar-refractivity contribution in [1.29, 1.82) is 0 Å². The van der Waals surface area contributed by atoms with Crippen LogP contribution in [-0.4, -0.2) is 19.0 Å². The first-order chi connectivity index (χ1) is 7.16. The highest BCUT2D eigenvalue weighted by atomic mass is 16.2. The third kappa shape index (κ3) is 3.06. The van der Waals surface area contributed by atoms with Gasteiger partial charge in [-0.05, 0) is 31.5 Å². The van der Waals surface area contributed by atoms with Crippen molar-refractivity contribution in [2.45, 2.75) is 20.3 Å². The Labute approximate surface area is 90.9 Å². The summed E-state index contributed by atoms with van der Waals surface area (Å²) in [6.45, 7) is 4.89. The molecule has 1 aromatic rings. The van der Waals surface area contributed by atoms with E-state index in [9.17, 15) is 4.79 Å². The van der Waals surface area contributed by atoms with Crippen LogP contribution < -0.4 is 10.6 Å². The Balaban J connectivity index is 2.89. The van der Waals surface area contributed by atoms with Gasteiger partial charge in [-0.2, -0.15) is 0 Å². The SMILES string of the molecule is CC(=O)N(CCCN)c1ccccc1C. The second-order valence-electron chi connectivity index (χ2n) is 3.60.